The van der Waals surface area contributed by atoms with Gasteiger partial charge >= 0.3 is 5.97 Å². The minimum absolute atomic E-state index is 0.0668. The number of hydrogen-bond donors (Lipinski definition) is 1. The summed E-state index contributed by atoms with van der Waals surface area (Å²) in [6.45, 7) is 3.70. The quantitative estimate of drug-likeness (QED) is 0.357. The topological polar surface area (TPSA) is 90.7 Å². The van der Waals surface area contributed by atoms with Gasteiger partial charge in [0, 0.05) is 12.6 Å². The van der Waals surface area contributed by atoms with Crippen molar-refractivity contribution < 1.29 is 19.2 Å². The number of methoxy groups -OCH3 is 2. The van der Waals surface area contributed by atoms with Crippen molar-refractivity contribution in [3.63, 3.8) is 0 Å². The van der Waals surface area contributed by atoms with Crippen molar-refractivity contribution in [2.24, 2.45) is 0 Å². The molecule has 0 unspecified atom stereocenters. The third-order valence-corrected chi connectivity index (χ3v) is 2.60. The van der Waals surface area contributed by atoms with E-state index in [-0.39, 0.29) is 22.7 Å². The van der Waals surface area contributed by atoms with Crippen LogP contribution < -0.4 is 10.1 Å². The molecule has 109 valence electrons. The molecule has 1 aromatic rings. The number of carbonyl (C=O) groups is 1. The summed E-state index contributed by atoms with van der Waals surface area (Å²) in [6.07, 6.45) is 1.66. The van der Waals surface area contributed by atoms with Gasteiger partial charge in [-0.15, -0.1) is 0 Å². The molecule has 0 heterocycles. The van der Waals surface area contributed by atoms with E-state index in [1.54, 1.807) is 6.54 Å². The Bertz CT molecular complexity index is 502. The Morgan fingerprint density at radius 2 is 2.15 bits per heavy atom. The van der Waals surface area contributed by atoms with Crippen LogP contribution in [0, 0.1) is 16.7 Å². The maximum atomic E-state index is 11.5. The molecule has 0 bridgehead atoms. The highest BCUT2D eigenvalue weighted by atomic mass is 16.6. The maximum Gasteiger partial charge on any atom is 0.338 e. The molecular formula is C13H17N2O5. The van der Waals surface area contributed by atoms with E-state index in [1.807, 2.05) is 6.92 Å². The van der Waals surface area contributed by atoms with Gasteiger partial charge in [-0.3, -0.25) is 10.1 Å². The molecule has 1 rings (SSSR count). The minimum Gasteiger partial charge on any atom is -0.494 e. The monoisotopic (exact) mass is 281 g/mol. The second kappa shape index (κ2) is 7.32. The predicted octanol–water partition coefficient (Wildman–Crippen LogP) is 2.76. The van der Waals surface area contributed by atoms with Gasteiger partial charge in [-0.2, -0.15) is 0 Å². The highest BCUT2D eigenvalue weighted by Crippen LogP contribution is 2.36. The van der Waals surface area contributed by atoms with Gasteiger partial charge < -0.3 is 14.8 Å². The van der Waals surface area contributed by atoms with Crippen LogP contribution in [0.1, 0.15) is 30.1 Å². The van der Waals surface area contributed by atoms with Crippen molar-refractivity contribution >= 4 is 17.3 Å². The normalized spacial score (nSPS) is 9.95. The van der Waals surface area contributed by atoms with E-state index in [9.17, 15) is 14.9 Å². The molecule has 7 heteroatoms. The number of nitro groups is 1. The van der Waals surface area contributed by atoms with Gasteiger partial charge in [-0.05, 0) is 12.5 Å². The number of hydrogen-bond acceptors (Lipinski definition) is 6. The molecule has 0 aliphatic rings. The van der Waals surface area contributed by atoms with Crippen molar-refractivity contribution in [2.45, 2.75) is 19.8 Å². The molecule has 7 nitrogen and oxygen atoms in total. The highest BCUT2D eigenvalue weighted by molar-refractivity contribution is 5.93. The molecule has 0 fully saturated rings. The van der Waals surface area contributed by atoms with Gasteiger partial charge in [-0.25, -0.2) is 4.79 Å². The summed E-state index contributed by atoms with van der Waals surface area (Å²) in [4.78, 5) is 22.1. The smallest absolute Gasteiger partial charge is 0.338 e. The number of anilines is 1. The van der Waals surface area contributed by atoms with Crippen LogP contribution >= 0.6 is 0 Å². The number of benzene rings is 1. The number of esters is 1. The van der Waals surface area contributed by atoms with Gasteiger partial charge in [0.1, 0.15) is 5.75 Å². The zero-order chi connectivity index (χ0) is 15.1. The minimum atomic E-state index is -0.657. The first-order valence-corrected chi connectivity index (χ1v) is 6.08. The number of ether oxygens (including phenoxy) is 2. The Morgan fingerprint density at radius 3 is 2.65 bits per heavy atom. The van der Waals surface area contributed by atoms with Crippen molar-refractivity contribution in [1.82, 2.24) is 0 Å². The Kier molecular flexibility index (Phi) is 5.76. The van der Waals surface area contributed by atoms with Crippen molar-refractivity contribution in [1.29, 1.82) is 0 Å². The third kappa shape index (κ3) is 3.59. The number of carbonyl (C=O) groups excluding carboxylic acids is 1. The zero-order valence-corrected chi connectivity index (χ0v) is 11.6. The molecule has 0 amide bonds. The van der Waals surface area contributed by atoms with Crippen LogP contribution in [0.2, 0.25) is 0 Å². The molecule has 1 radical (unpaired) electrons. The van der Waals surface area contributed by atoms with E-state index in [4.69, 9.17) is 4.74 Å². The lowest BCUT2D eigenvalue weighted by Crippen LogP contribution is -2.07. The van der Waals surface area contributed by atoms with Crippen LogP contribution in [0.15, 0.2) is 12.1 Å². The lowest BCUT2D eigenvalue weighted by molar-refractivity contribution is -0.384. The molecule has 1 aromatic carbocycles. The summed E-state index contributed by atoms with van der Waals surface area (Å²) in [5.41, 5.74) is 0.0489. The van der Waals surface area contributed by atoms with E-state index in [2.05, 4.69) is 10.1 Å². The molecule has 0 aromatic heterocycles. The molecular weight excluding hydrogens is 264 g/mol. The van der Waals surface area contributed by atoms with E-state index in [0.717, 1.165) is 18.9 Å². The van der Waals surface area contributed by atoms with Crippen molar-refractivity contribution in [2.75, 3.05) is 19.5 Å². The second-order valence-corrected chi connectivity index (χ2v) is 3.96. The molecule has 20 heavy (non-hydrogen) atoms. The highest BCUT2D eigenvalue weighted by Gasteiger charge is 2.23. The standard InChI is InChI=1S/C13H17N2O5/c1-4-5-6-14-12-10(15(17)18)7-9(13(16)20-3)8-11(12)19-2/h6-8,14H,4-5H2,1-3H3. The number of nitro benzene ring substituents is 1. The van der Waals surface area contributed by atoms with E-state index < -0.39 is 10.9 Å². The van der Waals surface area contributed by atoms with E-state index in [1.165, 1.54) is 20.3 Å². The van der Waals surface area contributed by atoms with Gasteiger partial charge in [0.2, 0.25) is 0 Å². The third-order valence-electron chi connectivity index (χ3n) is 2.60. The number of unbranched alkanes of at least 4 members (excludes halogenated alkanes) is 1. The van der Waals surface area contributed by atoms with Crippen LogP contribution in [0.5, 0.6) is 5.75 Å². The largest absolute Gasteiger partial charge is 0.494 e. The Hall–Kier alpha value is -2.31. The average molecular weight is 281 g/mol. The number of rotatable bonds is 7. The zero-order valence-electron chi connectivity index (χ0n) is 11.6. The average Bonchev–Trinajstić information content (AvgIpc) is 2.46. The fourth-order valence-electron chi connectivity index (χ4n) is 1.61. The summed E-state index contributed by atoms with van der Waals surface area (Å²) in [6, 6.07) is 2.57. The fraction of sp³-hybridized carbons (Fsp3) is 0.385. The fourth-order valence-corrected chi connectivity index (χ4v) is 1.61. The van der Waals surface area contributed by atoms with Gasteiger partial charge in [0.15, 0.2) is 5.69 Å². The first kappa shape index (κ1) is 15.7. The molecule has 1 N–H and O–H groups in total. The Morgan fingerprint density at radius 1 is 1.45 bits per heavy atom. The second-order valence-electron chi connectivity index (χ2n) is 3.96. The van der Waals surface area contributed by atoms with Gasteiger partial charge in [0.25, 0.3) is 5.69 Å². The van der Waals surface area contributed by atoms with Crippen LogP contribution in [-0.4, -0.2) is 25.1 Å². The molecule has 0 aliphatic carbocycles. The van der Waals surface area contributed by atoms with Crippen molar-refractivity contribution in [3.05, 3.63) is 34.4 Å². The lowest BCUT2D eigenvalue weighted by Gasteiger charge is -2.12. The first-order chi connectivity index (χ1) is 9.54. The van der Waals surface area contributed by atoms with E-state index in [0.29, 0.717) is 0 Å². The first-order valence-electron chi connectivity index (χ1n) is 6.08. The molecule has 0 atom stereocenters. The van der Waals surface area contributed by atoms with Crippen LogP contribution in [0.4, 0.5) is 11.4 Å². The summed E-state index contributed by atoms with van der Waals surface area (Å²) in [5.74, 6) is -0.442. The van der Waals surface area contributed by atoms with Crippen LogP contribution in [0.25, 0.3) is 0 Å². The molecule has 0 spiro atoms. The maximum absolute atomic E-state index is 11.5. The molecule has 0 aliphatic heterocycles. The number of nitrogens with one attached hydrogen (secondary N) is 1. The van der Waals surface area contributed by atoms with Gasteiger partial charge in [-0.1, -0.05) is 13.3 Å². The summed E-state index contributed by atoms with van der Waals surface area (Å²) in [7, 11) is 2.59. The summed E-state index contributed by atoms with van der Waals surface area (Å²) >= 11 is 0. The Labute approximate surface area is 117 Å². The lowest BCUT2D eigenvalue weighted by atomic mass is 10.1. The van der Waals surface area contributed by atoms with Crippen LogP contribution in [-0.2, 0) is 4.74 Å². The van der Waals surface area contributed by atoms with Crippen molar-refractivity contribution in [3.8, 4) is 5.75 Å². The van der Waals surface area contributed by atoms with Crippen LogP contribution in [0.3, 0.4) is 0 Å². The predicted molar refractivity (Wildman–Crippen MR) is 73.8 cm³/mol. The SMILES string of the molecule is CCC[CH]Nc1c(OC)cc(C(=O)OC)cc1[N+](=O)[O-]. The summed E-state index contributed by atoms with van der Waals surface area (Å²) < 4.78 is 9.67. The summed E-state index contributed by atoms with van der Waals surface area (Å²) in [5, 5.41) is 14.0. The molecule has 0 saturated heterocycles. The molecule has 0 saturated carbocycles. The number of nitrogens with zero attached hydrogens (tertiary/aromatic N) is 1. The van der Waals surface area contributed by atoms with Gasteiger partial charge in [0.05, 0.1) is 24.7 Å². The van der Waals surface area contributed by atoms with E-state index >= 15 is 0 Å². The Balaban J connectivity index is 3.25.